The number of hydrogen-bond donors (Lipinski definition) is 0. The zero-order valence-electron chi connectivity index (χ0n) is 12.1. The minimum atomic E-state index is 0. The zero-order chi connectivity index (χ0) is 11.8. The van der Waals surface area contributed by atoms with E-state index < -0.39 is 0 Å². The molecule has 0 bridgehead atoms. The molecule has 0 spiro atoms. The molecule has 0 nitrogen and oxygen atoms in total. The Hall–Kier alpha value is 0.766. The van der Waals surface area contributed by atoms with Gasteiger partial charge in [-0.1, -0.05) is 65.7 Å². The van der Waals surface area contributed by atoms with Crippen molar-refractivity contribution in [3.63, 3.8) is 0 Å². The largest absolute Gasteiger partial charge is 2.00 e. The number of hydrogen-bond acceptors (Lipinski definition) is 0. The van der Waals surface area contributed by atoms with Gasteiger partial charge in [0.05, 0.1) is 0 Å². The Balaban J connectivity index is -0.000000292. The van der Waals surface area contributed by atoms with Crippen LogP contribution in [-0.2, 0) is 0 Å². The van der Waals surface area contributed by atoms with E-state index in [1.807, 2.05) is 0 Å². The van der Waals surface area contributed by atoms with Crippen LogP contribution in [0, 0.1) is 13.3 Å². The molecule has 94 valence electrons. The molecule has 0 unspecified atom stereocenters. The summed E-state index contributed by atoms with van der Waals surface area (Å²) in [6.07, 6.45) is 15.8. The van der Waals surface area contributed by atoms with Gasteiger partial charge in [0, 0.05) is 0 Å². The second-order valence-electron chi connectivity index (χ2n) is 4.13. The van der Waals surface area contributed by atoms with Crippen molar-refractivity contribution < 1.29 is 0 Å². The molecule has 0 aromatic carbocycles. The van der Waals surface area contributed by atoms with Crippen LogP contribution in [0.5, 0.6) is 0 Å². The maximum absolute atomic E-state index is 3.60. The molecule has 0 aliphatic carbocycles. The topological polar surface area (TPSA) is 0 Å². The molecule has 0 heterocycles. The average molecular weight is 237 g/mol. The summed E-state index contributed by atoms with van der Waals surface area (Å²) in [4.78, 5) is 0. The normalized spacial score (nSPS) is 9.00. The van der Waals surface area contributed by atoms with Gasteiger partial charge in [-0.2, -0.15) is 19.3 Å². The van der Waals surface area contributed by atoms with E-state index in [0.29, 0.717) is 0 Å². The van der Waals surface area contributed by atoms with E-state index in [2.05, 4.69) is 34.1 Å². The first-order chi connectivity index (χ1) is 7.33. The molecule has 0 N–H and O–H groups in total. The van der Waals surface area contributed by atoms with Crippen LogP contribution in [0.1, 0.15) is 85.0 Å². The van der Waals surface area contributed by atoms with E-state index in [-0.39, 0.29) is 23.1 Å². The van der Waals surface area contributed by atoms with Crippen molar-refractivity contribution in [2.45, 2.75) is 85.0 Å². The Kier molecular flexibility index (Phi) is 34.1. The summed E-state index contributed by atoms with van der Waals surface area (Å²) in [7, 11) is 0. The van der Waals surface area contributed by atoms with Crippen LogP contribution in [-0.4, -0.2) is 23.1 Å². The standard InChI is InChI=1S/C11H23.C4H9.Mg/c1-3-5-7-9-11-10-8-6-4-2;1-3-4-2;/h7H,3-6,8-11H2,1-2H3;1,3-4H2,2H3;/q2*-1;+2. The Morgan fingerprint density at radius 2 is 1.31 bits per heavy atom. The Morgan fingerprint density at radius 1 is 0.750 bits per heavy atom. The fourth-order valence-electron chi connectivity index (χ4n) is 1.24. The van der Waals surface area contributed by atoms with E-state index in [1.165, 1.54) is 57.8 Å². The van der Waals surface area contributed by atoms with Crippen LogP contribution >= 0.6 is 0 Å². The van der Waals surface area contributed by atoms with E-state index in [0.717, 1.165) is 6.42 Å². The van der Waals surface area contributed by atoms with Gasteiger partial charge in [-0.15, -0.1) is 0 Å². The van der Waals surface area contributed by atoms with E-state index in [1.54, 1.807) is 0 Å². The molecule has 0 aliphatic heterocycles. The smallest absolute Gasteiger partial charge is 0.343 e. The molecule has 0 rings (SSSR count). The van der Waals surface area contributed by atoms with E-state index >= 15 is 0 Å². The van der Waals surface area contributed by atoms with Gasteiger partial charge < -0.3 is 13.3 Å². The first-order valence-corrected chi connectivity index (χ1v) is 6.94. The summed E-state index contributed by atoms with van der Waals surface area (Å²) in [5, 5.41) is 0. The molecule has 0 aromatic rings. The second-order valence-corrected chi connectivity index (χ2v) is 4.13. The summed E-state index contributed by atoms with van der Waals surface area (Å²) in [6.45, 7) is 10.2. The maximum Gasteiger partial charge on any atom is 2.00 e. The summed E-state index contributed by atoms with van der Waals surface area (Å²) in [6, 6.07) is 0. The van der Waals surface area contributed by atoms with Gasteiger partial charge in [0.1, 0.15) is 0 Å². The van der Waals surface area contributed by atoms with Crippen molar-refractivity contribution in [1.29, 1.82) is 0 Å². The minimum absolute atomic E-state index is 0. The first kappa shape index (κ1) is 22.0. The van der Waals surface area contributed by atoms with Crippen molar-refractivity contribution in [2.24, 2.45) is 0 Å². The Labute approximate surface area is 121 Å². The van der Waals surface area contributed by atoms with Gasteiger partial charge in [0.15, 0.2) is 0 Å². The molecule has 0 fully saturated rings. The average Bonchev–Trinajstić information content (AvgIpc) is 2.28. The zero-order valence-corrected chi connectivity index (χ0v) is 13.5. The molecule has 0 amide bonds. The van der Waals surface area contributed by atoms with Crippen molar-refractivity contribution in [3.05, 3.63) is 13.3 Å². The third-order valence-corrected chi connectivity index (χ3v) is 2.36. The Bertz CT molecular complexity index is 71.5. The van der Waals surface area contributed by atoms with E-state index in [4.69, 9.17) is 0 Å². The summed E-state index contributed by atoms with van der Waals surface area (Å²) < 4.78 is 0. The van der Waals surface area contributed by atoms with Crippen molar-refractivity contribution in [1.82, 2.24) is 0 Å². The molecule has 1 heteroatoms. The summed E-state index contributed by atoms with van der Waals surface area (Å²) >= 11 is 0. The molecule has 0 aromatic heterocycles. The maximum atomic E-state index is 3.60. The van der Waals surface area contributed by atoms with Gasteiger partial charge in [-0.3, -0.25) is 0 Å². The minimum Gasteiger partial charge on any atom is -0.343 e. The van der Waals surface area contributed by atoms with Crippen LogP contribution in [0.2, 0.25) is 0 Å². The molecule has 0 saturated heterocycles. The predicted octanol–water partition coefficient (Wildman–Crippen LogP) is 5.59. The number of unbranched alkanes of at least 4 members (excludes halogenated alkanes) is 9. The molecule has 0 aliphatic rings. The van der Waals surface area contributed by atoms with Gasteiger partial charge in [-0.05, 0) is 0 Å². The van der Waals surface area contributed by atoms with Crippen LogP contribution in [0.4, 0.5) is 0 Å². The van der Waals surface area contributed by atoms with Crippen molar-refractivity contribution in [2.75, 3.05) is 0 Å². The molecule has 0 atom stereocenters. The molecular weight excluding hydrogens is 204 g/mol. The molecule has 0 saturated carbocycles. The SMILES string of the molecule is CCC[CH-]CCCCCCC.[CH2-]CCC.[Mg+2]. The van der Waals surface area contributed by atoms with Crippen LogP contribution in [0.15, 0.2) is 0 Å². The van der Waals surface area contributed by atoms with Gasteiger partial charge in [0.2, 0.25) is 0 Å². The molecule has 16 heavy (non-hydrogen) atoms. The Morgan fingerprint density at radius 3 is 1.75 bits per heavy atom. The van der Waals surface area contributed by atoms with Gasteiger partial charge in [-0.25, -0.2) is 0 Å². The summed E-state index contributed by atoms with van der Waals surface area (Å²) in [5.74, 6) is 0. The van der Waals surface area contributed by atoms with Crippen molar-refractivity contribution >= 4 is 23.1 Å². The monoisotopic (exact) mass is 236 g/mol. The summed E-state index contributed by atoms with van der Waals surface area (Å²) in [5.41, 5.74) is 0. The van der Waals surface area contributed by atoms with Crippen molar-refractivity contribution in [3.8, 4) is 0 Å². The predicted molar refractivity (Wildman–Crippen MR) is 78.6 cm³/mol. The van der Waals surface area contributed by atoms with Gasteiger partial charge in [0.25, 0.3) is 0 Å². The van der Waals surface area contributed by atoms with E-state index in [9.17, 15) is 0 Å². The fourth-order valence-corrected chi connectivity index (χ4v) is 1.24. The van der Waals surface area contributed by atoms with Crippen LogP contribution in [0.25, 0.3) is 0 Å². The second kappa shape index (κ2) is 24.8. The third-order valence-electron chi connectivity index (χ3n) is 2.36. The molecule has 0 radical (unpaired) electrons. The van der Waals surface area contributed by atoms with Gasteiger partial charge >= 0.3 is 23.1 Å². The third kappa shape index (κ3) is 29.3. The fraction of sp³-hybridized carbons (Fsp3) is 0.867. The quantitative estimate of drug-likeness (QED) is 0.278. The van der Waals surface area contributed by atoms with Crippen LogP contribution in [0.3, 0.4) is 0 Å². The first-order valence-electron chi connectivity index (χ1n) is 6.94. The molecular formula is C15H32Mg. The van der Waals surface area contributed by atoms with Crippen LogP contribution < -0.4 is 0 Å². The number of rotatable bonds is 9.